The van der Waals surface area contributed by atoms with Gasteiger partial charge in [-0.05, 0) is 31.0 Å². The number of carbonyl (C=O) groups is 4. The first-order valence-electron chi connectivity index (χ1n) is 9.19. The van der Waals surface area contributed by atoms with Crippen molar-refractivity contribution in [3.8, 4) is 5.75 Å². The molecule has 29 heavy (non-hydrogen) atoms. The summed E-state index contributed by atoms with van der Waals surface area (Å²) in [5, 5.41) is 3.07. The Balaban J connectivity index is 1.58. The van der Waals surface area contributed by atoms with Crippen LogP contribution in [0.3, 0.4) is 0 Å². The average molecular weight is 420 g/mol. The monoisotopic (exact) mass is 419 g/mol. The van der Waals surface area contributed by atoms with Crippen molar-refractivity contribution in [2.24, 2.45) is 11.8 Å². The number of methoxy groups -OCH3 is 1. The molecule has 0 radical (unpaired) electrons. The van der Waals surface area contributed by atoms with Gasteiger partial charge >= 0.3 is 0 Å². The fourth-order valence-electron chi connectivity index (χ4n) is 3.55. The molecule has 9 heteroatoms. The third-order valence-corrected chi connectivity index (χ3v) is 5.37. The Labute approximate surface area is 173 Å². The van der Waals surface area contributed by atoms with Gasteiger partial charge in [-0.2, -0.15) is 0 Å². The quantitative estimate of drug-likeness (QED) is 0.559. The molecule has 3 rings (SSSR count). The Bertz CT molecular complexity index is 859. The molecule has 4 amide bonds. The summed E-state index contributed by atoms with van der Waals surface area (Å²) >= 11 is 5.94. The fraction of sp³-hybridized carbons (Fsp3) is 0.400. The number of likely N-dealkylation sites (tertiary alicyclic amines) is 1. The van der Waals surface area contributed by atoms with Crippen LogP contribution in [-0.4, -0.2) is 60.7 Å². The van der Waals surface area contributed by atoms with Crippen LogP contribution in [0.25, 0.3) is 0 Å². The van der Waals surface area contributed by atoms with Gasteiger partial charge in [0.15, 0.2) is 0 Å². The van der Waals surface area contributed by atoms with Crippen LogP contribution in [-0.2, 0) is 19.2 Å². The predicted octanol–water partition coefficient (Wildman–Crippen LogP) is 1.70. The van der Waals surface area contributed by atoms with E-state index in [9.17, 15) is 19.2 Å². The highest BCUT2D eigenvalue weighted by atomic mass is 35.5. The first-order valence-corrected chi connectivity index (χ1v) is 9.57. The van der Waals surface area contributed by atoms with E-state index in [4.69, 9.17) is 16.3 Å². The fourth-order valence-corrected chi connectivity index (χ4v) is 3.72. The third-order valence-electron chi connectivity index (χ3n) is 5.13. The van der Waals surface area contributed by atoms with Crippen LogP contribution in [0.1, 0.15) is 12.8 Å². The molecule has 2 atom stereocenters. The maximum Gasteiger partial charge on any atom is 0.244 e. The molecule has 8 nitrogen and oxygen atoms in total. The molecule has 1 aromatic rings. The molecule has 1 aromatic carbocycles. The molecule has 0 saturated carbocycles. The van der Waals surface area contributed by atoms with Crippen LogP contribution >= 0.6 is 11.6 Å². The first-order chi connectivity index (χ1) is 13.8. The Morgan fingerprint density at radius 3 is 2.41 bits per heavy atom. The van der Waals surface area contributed by atoms with E-state index >= 15 is 0 Å². The van der Waals surface area contributed by atoms with Crippen LogP contribution in [0.2, 0.25) is 5.02 Å². The lowest BCUT2D eigenvalue weighted by molar-refractivity contribution is -0.146. The lowest BCUT2D eigenvalue weighted by atomic mass is 9.85. The molecule has 0 spiro atoms. The number of carbonyl (C=O) groups excluding carboxylic acids is 4. The highest BCUT2D eigenvalue weighted by Crippen LogP contribution is 2.35. The van der Waals surface area contributed by atoms with Gasteiger partial charge in [0.25, 0.3) is 0 Å². The van der Waals surface area contributed by atoms with Crippen LogP contribution < -0.4 is 10.1 Å². The number of hydrogen-bond acceptors (Lipinski definition) is 5. The van der Waals surface area contributed by atoms with Gasteiger partial charge in [-0.1, -0.05) is 23.8 Å². The molecule has 0 bridgehead atoms. The summed E-state index contributed by atoms with van der Waals surface area (Å²) in [5.74, 6) is -1.93. The molecule has 1 aliphatic carbocycles. The van der Waals surface area contributed by atoms with Gasteiger partial charge in [0, 0.05) is 12.1 Å². The third kappa shape index (κ3) is 4.42. The van der Waals surface area contributed by atoms with E-state index in [1.165, 1.54) is 25.1 Å². The van der Waals surface area contributed by atoms with E-state index in [0.29, 0.717) is 29.3 Å². The minimum atomic E-state index is -0.494. The second-order valence-corrected chi connectivity index (χ2v) is 7.50. The Morgan fingerprint density at radius 1 is 1.21 bits per heavy atom. The van der Waals surface area contributed by atoms with Gasteiger partial charge in [0.2, 0.25) is 23.6 Å². The maximum absolute atomic E-state index is 12.5. The van der Waals surface area contributed by atoms with Gasteiger partial charge in [0.1, 0.15) is 12.3 Å². The van der Waals surface area contributed by atoms with Crippen molar-refractivity contribution in [3.05, 3.63) is 35.4 Å². The zero-order valence-corrected chi connectivity index (χ0v) is 16.9. The summed E-state index contributed by atoms with van der Waals surface area (Å²) in [7, 11) is 2.91. The number of ether oxygens (including phenoxy) is 1. The molecule has 0 unspecified atom stereocenters. The molecule has 0 aromatic heterocycles. The predicted molar refractivity (Wildman–Crippen MR) is 106 cm³/mol. The number of hydrogen-bond donors (Lipinski definition) is 1. The molecule has 1 fully saturated rings. The normalized spacial score (nSPS) is 20.4. The smallest absolute Gasteiger partial charge is 0.244 e. The summed E-state index contributed by atoms with van der Waals surface area (Å²) in [5.41, 5.74) is 0.382. The largest absolute Gasteiger partial charge is 0.495 e. The SMILES string of the molecule is COc1ccc(Cl)cc1NC(=O)CN(C)C(=O)CN1C(=O)[C@H]2CC=CC[C@@H]2C1=O. The maximum atomic E-state index is 12.5. The van der Waals surface area contributed by atoms with Crippen LogP contribution in [0.4, 0.5) is 5.69 Å². The van der Waals surface area contributed by atoms with Crippen molar-refractivity contribution in [1.82, 2.24) is 9.80 Å². The summed E-state index contributed by atoms with van der Waals surface area (Å²) in [6, 6.07) is 4.78. The van der Waals surface area contributed by atoms with Gasteiger partial charge in [-0.3, -0.25) is 24.1 Å². The number of amides is 4. The summed E-state index contributed by atoms with van der Waals surface area (Å²) in [6.45, 7) is -0.617. The number of allylic oxidation sites excluding steroid dienone is 2. The van der Waals surface area contributed by atoms with Crippen molar-refractivity contribution in [2.45, 2.75) is 12.8 Å². The summed E-state index contributed by atoms with van der Waals surface area (Å²) < 4.78 is 5.17. The topological polar surface area (TPSA) is 96.0 Å². The van der Waals surface area contributed by atoms with E-state index in [-0.39, 0.29) is 36.7 Å². The van der Waals surface area contributed by atoms with Crippen molar-refractivity contribution < 1.29 is 23.9 Å². The van der Waals surface area contributed by atoms with Crippen molar-refractivity contribution >= 4 is 40.9 Å². The van der Waals surface area contributed by atoms with Gasteiger partial charge < -0.3 is 15.0 Å². The van der Waals surface area contributed by atoms with Crippen molar-refractivity contribution in [1.29, 1.82) is 0 Å². The molecule has 1 aliphatic heterocycles. The van der Waals surface area contributed by atoms with E-state index in [1.807, 2.05) is 12.2 Å². The second kappa shape index (κ2) is 8.65. The minimum Gasteiger partial charge on any atom is -0.495 e. The van der Waals surface area contributed by atoms with E-state index in [0.717, 1.165) is 4.90 Å². The zero-order valence-electron chi connectivity index (χ0n) is 16.2. The van der Waals surface area contributed by atoms with Crippen LogP contribution in [0.5, 0.6) is 5.75 Å². The van der Waals surface area contributed by atoms with Crippen molar-refractivity contribution in [3.63, 3.8) is 0 Å². The number of likely N-dealkylation sites (N-methyl/N-ethyl adjacent to an activating group) is 1. The second-order valence-electron chi connectivity index (χ2n) is 7.06. The number of rotatable bonds is 6. The van der Waals surface area contributed by atoms with Crippen LogP contribution in [0, 0.1) is 11.8 Å². The molecular weight excluding hydrogens is 398 g/mol. The number of benzene rings is 1. The van der Waals surface area contributed by atoms with Crippen LogP contribution in [0.15, 0.2) is 30.4 Å². The highest BCUT2D eigenvalue weighted by Gasteiger charge is 2.47. The Morgan fingerprint density at radius 2 is 1.83 bits per heavy atom. The van der Waals surface area contributed by atoms with Gasteiger partial charge in [-0.15, -0.1) is 0 Å². The number of nitrogens with one attached hydrogen (secondary N) is 1. The minimum absolute atomic E-state index is 0.251. The standard InChI is InChI=1S/C20H22ClN3O5/c1-23(10-17(25)22-15-9-12(21)7-8-16(15)29-2)18(26)11-24-19(27)13-5-3-4-6-14(13)20(24)28/h3-4,7-9,13-14H,5-6,10-11H2,1-2H3,(H,22,25)/t13-,14-/m0/s1. The van der Waals surface area contributed by atoms with Gasteiger partial charge in [0.05, 0.1) is 31.2 Å². The summed E-state index contributed by atoms with van der Waals surface area (Å²) in [6.07, 6.45) is 4.80. The molecule has 154 valence electrons. The number of halogens is 1. The number of fused-ring (bicyclic) bond motifs is 1. The van der Waals surface area contributed by atoms with E-state index in [2.05, 4.69) is 5.32 Å². The van der Waals surface area contributed by atoms with Gasteiger partial charge in [-0.25, -0.2) is 0 Å². The summed E-state index contributed by atoms with van der Waals surface area (Å²) in [4.78, 5) is 51.9. The number of imide groups is 1. The number of nitrogens with zero attached hydrogens (tertiary/aromatic N) is 2. The number of anilines is 1. The van der Waals surface area contributed by atoms with E-state index in [1.54, 1.807) is 12.1 Å². The molecule has 1 N–H and O–H groups in total. The highest BCUT2D eigenvalue weighted by molar-refractivity contribution is 6.31. The average Bonchev–Trinajstić information content (AvgIpc) is 2.93. The Hall–Kier alpha value is -2.87. The van der Waals surface area contributed by atoms with Crippen molar-refractivity contribution in [2.75, 3.05) is 32.6 Å². The first kappa shape index (κ1) is 20.9. The molecule has 2 aliphatic rings. The zero-order chi connectivity index (χ0) is 21.1. The lowest BCUT2D eigenvalue weighted by Crippen LogP contribution is -2.44. The molecule has 1 heterocycles. The molecular formula is C20H22ClN3O5. The Kier molecular flexibility index (Phi) is 6.22. The lowest BCUT2D eigenvalue weighted by Gasteiger charge is -2.21. The molecule has 1 saturated heterocycles. The van der Waals surface area contributed by atoms with E-state index < -0.39 is 11.8 Å².